The zero-order valence-electron chi connectivity index (χ0n) is 12.9. The van der Waals surface area contributed by atoms with Gasteiger partial charge < -0.3 is 9.64 Å². The van der Waals surface area contributed by atoms with Crippen molar-refractivity contribution in [3.8, 4) is 5.75 Å². The third kappa shape index (κ3) is 4.99. The minimum Gasteiger partial charge on any atom is -0.491 e. The van der Waals surface area contributed by atoms with Gasteiger partial charge in [-0.25, -0.2) is 13.6 Å². The summed E-state index contributed by atoms with van der Waals surface area (Å²) in [6.45, 7) is 4.83. The first-order chi connectivity index (χ1) is 10.2. The van der Waals surface area contributed by atoms with Crippen LogP contribution in [0, 0.1) is 5.92 Å². The minimum absolute atomic E-state index is 0.0313. The maximum absolute atomic E-state index is 12.0. The van der Waals surface area contributed by atoms with E-state index in [1.54, 1.807) is 4.90 Å². The zero-order valence-corrected chi connectivity index (χ0v) is 13.7. The Morgan fingerprint density at radius 3 is 2.50 bits per heavy atom. The smallest absolute Gasteiger partial charge is 0.223 e. The third-order valence-corrected chi connectivity index (χ3v) is 4.37. The van der Waals surface area contributed by atoms with Crippen LogP contribution in [-0.4, -0.2) is 37.6 Å². The molecular formula is C15H22N2O4S. The summed E-state index contributed by atoms with van der Waals surface area (Å²) >= 11 is 0. The molecule has 1 aliphatic heterocycles. The van der Waals surface area contributed by atoms with Gasteiger partial charge in [0.25, 0.3) is 0 Å². The lowest BCUT2D eigenvalue weighted by atomic mass is 10.1. The maximum atomic E-state index is 12.0. The fraction of sp³-hybridized carbons (Fsp3) is 0.533. The van der Waals surface area contributed by atoms with Gasteiger partial charge in [-0.3, -0.25) is 4.79 Å². The van der Waals surface area contributed by atoms with Gasteiger partial charge in [0.15, 0.2) is 0 Å². The maximum Gasteiger partial charge on any atom is 0.223 e. The van der Waals surface area contributed by atoms with Gasteiger partial charge in [-0.05, 0) is 31.5 Å². The molecule has 2 rings (SSSR count). The van der Waals surface area contributed by atoms with Crippen LogP contribution in [0.15, 0.2) is 24.3 Å². The fourth-order valence-electron chi connectivity index (χ4n) is 2.61. The summed E-state index contributed by atoms with van der Waals surface area (Å²) in [5.74, 6) is 0.400. The number of hydrogen-bond acceptors (Lipinski definition) is 4. The molecule has 1 aromatic rings. The Balaban J connectivity index is 1.94. The quantitative estimate of drug-likeness (QED) is 0.848. The van der Waals surface area contributed by atoms with Crippen LogP contribution < -0.4 is 9.88 Å². The van der Waals surface area contributed by atoms with Crippen molar-refractivity contribution >= 4 is 15.9 Å². The number of likely N-dealkylation sites (tertiary alicyclic amines) is 1. The zero-order chi connectivity index (χ0) is 16.3. The first-order valence-corrected chi connectivity index (χ1v) is 8.98. The number of carbonyl (C=O) groups is 1. The van der Waals surface area contributed by atoms with Crippen LogP contribution in [-0.2, 0) is 21.4 Å². The molecule has 0 spiro atoms. The molecule has 0 radical (unpaired) electrons. The van der Waals surface area contributed by atoms with Gasteiger partial charge in [0.2, 0.25) is 15.9 Å². The van der Waals surface area contributed by atoms with E-state index in [4.69, 9.17) is 9.88 Å². The molecule has 1 aromatic carbocycles. The normalized spacial score (nSPS) is 19.0. The van der Waals surface area contributed by atoms with Crippen LogP contribution in [0.25, 0.3) is 0 Å². The third-order valence-electron chi connectivity index (χ3n) is 3.43. The van der Waals surface area contributed by atoms with Crippen molar-refractivity contribution in [1.29, 1.82) is 0 Å². The molecule has 1 amide bonds. The van der Waals surface area contributed by atoms with Crippen LogP contribution >= 0.6 is 0 Å². The summed E-state index contributed by atoms with van der Waals surface area (Å²) < 4.78 is 27.8. The second-order valence-corrected chi connectivity index (χ2v) is 7.64. The van der Waals surface area contributed by atoms with E-state index in [0.717, 1.165) is 11.3 Å². The summed E-state index contributed by atoms with van der Waals surface area (Å²) in [5, 5.41) is 5.04. The highest BCUT2D eigenvalue weighted by Crippen LogP contribution is 2.22. The van der Waals surface area contributed by atoms with Crippen molar-refractivity contribution in [3.63, 3.8) is 0 Å². The predicted octanol–water partition coefficient (Wildman–Crippen LogP) is 1.11. The van der Waals surface area contributed by atoms with E-state index in [-0.39, 0.29) is 30.1 Å². The van der Waals surface area contributed by atoms with Gasteiger partial charge in [0.05, 0.1) is 11.9 Å². The molecule has 22 heavy (non-hydrogen) atoms. The molecule has 6 nitrogen and oxygen atoms in total. The summed E-state index contributed by atoms with van der Waals surface area (Å²) in [6, 6.07) is 7.57. The first-order valence-electron chi connectivity index (χ1n) is 7.27. The van der Waals surface area contributed by atoms with Crippen LogP contribution in [0.4, 0.5) is 0 Å². The van der Waals surface area contributed by atoms with E-state index in [1.165, 1.54) is 0 Å². The Bertz CT molecular complexity index is 625. The summed E-state index contributed by atoms with van der Waals surface area (Å²) in [5.41, 5.74) is 0.987. The predicted molar refractivity (Wildman–Crippen MR) is 83.7 cm³/mol. The van der Waals surface area contributed by atoms with Crippen LogP contribution in [0.3, 0.4) is 0 Å². The summed E-state index contributed by atoms with van der Waals surface area (Å²) in [4.78, 5) is 13.6. The van der Waals surface area contributed by atoms with Gasteiger partial charge in [-0.1, -0.05) is 12.1 Å². The summed E-state index contributed by atoms with van der Waals surface area (Å²) in [7, 11) is -3.54. The standard InChI is InChI=1S/C15H22N2O4S/c1-11(2)21-14-5-3-12(4-6-14)8-17-9-13(7-15(17)18)10-22(16,19)20/h3-6,11,13H,7-10H2,1-2H3,(H2,16,19,20). The number of hydrogen-bond donors (Lipinski definition) is 1. The van der Waals surface area contributed by atoms with Crippen molar-refractivity contribution in [2.24, 2.45) is 11.1 Å². The van der Waals surface area contributed by atoms with Crippen LogP contribution in [0.2, 0.25) is 0 Å². The number of ether oxygens (including phenoxy) is 1. The fourth-order valence-corrected chi connectivity index (χ4v) is 3.49. The van der Waals surface area contributed by atoms with Crippen LogP contribution in [0.5, 0.6) is 5.75 Å². The molecule has 1 heterocycles. The van der Waals surface area contributed by atoms with E-state index < -0.39 is 10.0 Å². The molecule has 1 fully saturated rings. The van der Waals surface area contributed by atoms with E-state index in [9.17, 15) is 13.2 Å². The molecule has 1 aliphatic rings. The van der Waals surface area contributed by atoms with Crippen LogP contribution in [0.1, 0.15) is 25.8 Å². The van der Waals surface area contributed by atoms with Gasteiger partial charge >= 0.3 is 0 Å². The Morgan fingerprint density at radius 1 is 1.32 bits per heavy atom. The van der Waals surface area contributed by atoms with E-state index in [1.807, 2.05) is 38.1 Å². The number of benzene rings is 1. The topological polar surface area (TPSA) is 89.7 Å². The number of nitrogens with zero attached hydrogens (tertiary/aromatic N) is 1. The molecule has 0 aliphatic carbocycles. The highest BCUT2D eigenvalue weighted by atomic mass is 32.2. The van der Waals surface area contributed by atoms with Gasteiger partial charge in [-0.2, -0.15) is 0 Å². The second-order valence-electron chi connectivity index (χ2n) is 5.98. The van der Waals surface area contributed by atoms with E-state index in [2.05, 4.69) is 0 Å². The summed E-state index contributed by atoms with van der Waals surface area (Å²) in [6.07, 6.45) is 0.357. The van der Waals surface area contributed by atoms with E-state index in [0.29, 0.717) is 13.1 Å². The second kappa shape index (κ2) is 6.66. The molecule has 7 heteroatoms. The average molecular weight is 326 g/mol. The van der Waals surface area contributed by atoms with Crippen molar-refractivity contribution in [3.05, 3.63) is 29.8 Å². The molecule has 122 valence electrons. The lowest BCUT2D eigenvalue weighted by Gasteiger charge is -2.17. The molecule has 2 N–H and O–H groups in total. The van der Waals surface area contributed by atoms with Crippen molar-refractivity contribution < 1.29 is 17.9 Å². The number of amides is 1. The highest BCUT2D eigenvalue weighted by molar-refractivity contribution is 7.89. The van der Waals surface area contributed by atoms with Crippen molar-refractivity contribution in [2.45, 2.75) is 32.9 Å². The number of primary sulfonamides is 1. The largest absolute Gasteiger partial charge is 0.491 e. The van der Waals surface area contributed by atoms with E-state index >= 15 is 0 Å². The minimum atomic E-state index is -3.54. The van der Waals surface area contributed by atoms with Crippen molar-refractivity contribution in [1.82, 2.24) is 4.90 Å². The Hall–Kier alpha value is -1.60. The molecule has 0 bridgehead atoms. The molecule has 0 aromatic heterocycles. The molecular weight excluding hydrogens is 304 g/mol. The molecule has 1 saturated heterocycles. The number of rotatable bonds is 6. The molecule has 0 saturated carbocycles. The number of nitrogens with two attached hydrogens (primary N) is 1. The van der Waals surface area contributed by atoms with Crippen molar-refractivity contribution in [2.75, 3.05) is 12.3 Å². The number of sulfonamides is 1. The monoisotopic (exact) mass is 326 g/mol. The Labute approximate surface area is 131 Å². The Morgan fingerprint density at radius 2 is 1.95 bits per heavy atom. The Kier molecular flexibility index (Phi) is 5.08. The highest BCUT2D eigenvalue weighted by Gasteiger charge is 2.31. The van der Waals surface area contributed by atoms with Gasteiger partial charge in [0, 0.05) is 25.4 Å². The molecule has 1 unspecified atom stereocenters. The van der Waals surface area contributed by atoms with Gasteiger partial charge in [0.1, 0.15) is 5.75 Å². The number of carbonyl (C=O) groups excluding carboxylic acids is 1. The first kappa shape index (κ1) is 16.8. The lowest BCUT2D eigenvalue weighted by molar-refractivity contribution is -0.128. The molecule has 1 atom stereocenters. The average Bonchev–Trinajstić information content (AvgIpc) is 2.69. The van der Waals surface area contributed by atoms with Gasteiger partial charge in [-0.15, -0.1) is 0 Å². The lowest BCUT2D eigenvalue weighted by Crippen LogP contribution is -2.27. The SMILES string of the molecule is CC(C)Oc1ccc(CN2CC(CS(N)(=O)=O)CC2=O)cc1.